The van der Waals surface area contributed by atoms with E-state index in [1.54, 1.807) is 4.90 Å². The summed E-state index contributed by atoms with van der Waals surface area (Å²) in [6.07, 6.45) is -2.10. The van der Waals surface area contributed by atoms with Crippen molar-refractivity contribution in [2.75, 3.05) is 68.1 Å². The molecule has 1 fully saturated rings. The van der Waals surface area contributed by atoms with E-state index in [9.17, 15) is 13.2 Å². The summed E-state index contributed by atoms with van der Waals surface area (Å²) in [6, 6.07) is 10.7. The third-order valence-electron chi connectivity index (χ3n) is 7.56. The third kappa shape index (κ3) is 6.15. The van der Waals surface area contributed by atoms with Crippen LogP contribution in [0.15, 0.2) is 42.6 Å². The number of morpholine rings is 1. The number of nitrogens with one attached hydrogen (secondary N) is 2. The smallest absolute Gasteiger partial charge is 0.378 e. The first kappa shape index (κ1) is 28.1. The number of likely N-dealkylation sites (N-methyl/N-ethyl adjacent to an activating group) is 1. The first-order valence-electron chi connectivity index (χ1n) is 13.7. The van der Waals surface area contributed by atoms with Crippen LogP contribution in [0.5, 0.6) is 0 Å². The van der Waals surface area contributed by atoms with E-state index in [2.05, 4.69) is 46.5 Å². The summed E-state index contributed by atoms with van der Waals surface area (Å²) in [4.78, 5) is 17.8. The summed E-state index contributed by atoms with van der Waals surface area (Å²) in [5.41, 5.74) is 3.13. The number of anilines is 4. The number of nitrogens with zero attached hydrogens (tertiary/aromatic N) is 5. The monoisotopic (exact) mass is 555 g/mol. The van der Waals surface area contributed by atoms with Crippen molar-refractivity contribution in [3.8, 4) is 0 Å². The topological polar surface area (TPSA) is 78.4 Å². The molecule has 2 aromatic heterocycles. The number of pyridine rings is 1. The number of hydrogen-bond donors (Lipinski definition) is 2. The predicted molar refractivity (Wildman–Crippen MR) is 151 cm³/mol. The van der Waals surface area contributed by atoms with Crippen molar-refractivity contribution in [2.24, 2.45) is 0 Å². The lowest BCUT2D eigenvalue weighted by molar-refractivity contribution is -0.137. The molecule has 0 saturated carbocycles. The average Bonchev–Trinajstić information content (AvgIpc) is 3.16. The highest BCUT2D eigenvalue weighted by atomic mass is 19.4. The van der Waals surface area contributed by atoms with Gasteiger partial charge in [0.15, 0.2) is 0 Å². The van der Waals surface area contributed by atoms with Gasteiger partial charge in [-0.25, -0.2) is 9.97 Å². The van der Waals surface area contributed by atoms with Crippen LogP contribution in [0.1, 0.15) is 36.2 Å². The number of fused-ring (bicyclic) bond motifs is 1. The van der Waals surface area contributed by atoms with Gasteiger partial charge in [-0.2, -0.15) is 18.2 Å². The van der Waals surface area contributed by atoms with E-state index in [1.165, 1.54) is 17.8 Å². The number of aromatic nitrogens is 3. The molecular weight excluding hydrogens is 519 g/mol. The molecule has 4 heterocycles. The maximum absolute atomic E-state index is 13.8. The largest absolute Gasteiger partial charge is 0.419 e. The maximum atomic E-state index is 13.8. The Balaban J connectivity index is 1.46. The van der Waals surface area contributed by atoms with E-state index >= 15 is 0 Å². The highest BCUT2D eigenvalue weighted by Gasteiger charge is 2.36. The number of ether oxygens (including phenoxy) is 1. The highest BCUT2D eigenvalue weighted by molar-refractivity contribution is 5.63. The van der Waals surface area contributed by atoms with Gasteiger partial charge >= 0.3 is 6.18 Å². The molecular formula is C29H36F3N7O. The van der Waals surface area contributed by atoms with Crippen LogP contribution in [0.4, 0.5) is 36.4 Å². The minimum Gasteiger partial charge on any atom is -0.378 e. The van der Waals surface area contributed by atoms with Gasteiger partial charge in [-0.3, -0.25) is 0 Å². The van der Waals surface area contributed by atoms with Crippen LogP contribution in [0, 0.1) is 0 Å². The molecule has 0 spiro atoms. The molecule has 0 radical (unpaired) electrons. The van der Waals surface area contributed by atoms with E-state index in [1.807, 2.05) is 19.2 Å². The van der Waals surface area contributed by atoms with Crippen LogP contribution in [0.3, 0.4) is 0 Å². The van der Waals surface area contributed by atoms with Gasteiger partial charge in [0.05, 0.1) is 24.5 Å². The molecule has 0 unspecified atom stereocenters. The number of halogens is 3. The fourth-order valence-corrected chi connectivity index (χ4v) is 5.36. The van der Waals surface area contributed by atoms with Crippen molar-refractivity contribution >= 4 is 23.3 Å². The van der Waals surface area contributed by atoms with Crippen molar-refractivity contribution in [1.82, 2.24) is 20.3 Å². The molecule has 0 amide bonds. The minimum atomic E-state index is -4.48. The quantitative estimate of drug-likeness (QED) is 0.439. The van der Waals surface area contributed by atoms with Crippen LogP contribution in [-0.2, 0) is 29.2 Å². The minimum absolute atomic E-state index is 0.0209. The summed E-state index contributed by atoms with van der Waals surface area (Å²) < 4.78 is 46.8. The van der Waals surface area contributed by atoms with Crippen molar-refractivity contribution in [3.05, 3.63) is 65.0 Å². The Hall–Kier alpha value is -3.44. The molecule has 2 aliphatic rings. The molecule has 214 valence electrons. The molecule has 1 saturated heterocycles. The molecule has 11 heteroatoms. The van der Waals surface area contributed by atoms with Crippen molar-refractivity contribution < 1.29 is 17.9 Å². The second kappa shape index (κ2) is 11.6. The van der Waals surface area contributed by atoms with E-state index < -0.39 is 11.7 Å². The van der Waals surface area contributed by atoms with Crippen LogP contribution in [0.25, 0.3) is 0 Å². The molecule has 0 bridgehead atoms. The van der Waals surface area contributed by atoms with Crippen molar-refractivity contribution in [2.45, 2.75) is 38.3 Å². The molecule has 40 heavy (non-hydrogen) atoms. The van der Waals surface area contributed by atoms with Crippen LogP contribution >= 0.6 is 0 Å². The zero-order valence-electron chi connectivity index (χ0n) is 23.2. The van der Waals surface area contributed by atoms with Gasteiger partial charge in [0, 0.05) is 62.0 Å². The van der Waals surface area contributed by atoms with Gasteiger partial charge in [-0.1, -0.05) is 26.0 Å². The van der Waals surface area contributed by atoms with E-state index in [0.29, 0.717) is 64.0 Å². The second-order valence-corrected chi connectivity index (χ2v) is 10.9. The van der Waals surface area contributed by atoms with Gasteiger partial charge in [-0.15, -0.1) is 0 Å². The van der Waals surface area contributed by atoms with Gasteiger partial charge in [0.1, 0.15) is 11.6 Å². The van der Waals surface area contributed by atoms with E-state index in [0.717, 1.165) is 29.6 Å². The van der Waals surface area contributed by atoms with Gasteiger partial charge in [0.25, 0.3) is 0 Å². The van der Waals surface area contributed by atoms with E-state index in [4.69, 9.17) is 14.7 Å². The Labute approximate surface area is 233 Å². The molecule has 2 aliphatic heterocycles. The fraction of sp³-hybridized carbons (Fsp3) is 0.483. The number of rotatable bonds is 7. The van der Waals surface area contributed by atoms with Crippen LogP contribution < -0.4 is 20.4 Å². The summed E-state index contributed by atoms with van der Waals surface area (Å²) in [6.45, 7) is 8.56. The van der Waals surface area contributed by atoms with Crippen LogP contribution in [-0.4, -0.2) is 67.9 Å². The first-order chi connectivity index (χ1) is 19.2. The molecule has 5 rings (SSSR count). The lowest BCUT2D eigenvalue weighted by Crippen LogP contribution is -2.37. The van der Waals surface area contributed by atoms with Gasteiger partial charge in [-0.05, 0) is 43.3 Å². The van der Waals surface area contributed by atoms with Crippen molar-refractivity contribution in [1.29, 1.82) is 0 Å². The zero-order chi connectivity index (χ0) is 28.3. The average molecular weight is 556 g/mol. The van der Waals surface area contributed by atoms with Gasteiger partial charge in [0.2, 0.25) is 5.95 Å². The molecule has 1 aromatic carbocycles. The SMILES string of the molecule is CNCC(C)(C)c1ccc(Nc2nc(N3CCOCC3)nc3c2CCN(c2ncccc2C(F)(F)F)CC3)cc1. The number of benzene rings is 1. The lowest BCUT2D eigenvalue weighted by atomic mass is 9.84. The summed E-state index contributed by atoms with van der Waals surface area (Å²) in [7, 11) is 1.95. The summed E-state index contributed by atoms with van der Waals surface area (Å²) in [5, 5.41) is 6.75. The van der Waals surface area contributed by atoms with Crippen LogP contribution in [0.2, 0.25) is 0 Å². The molecule has 3 aromatic rings. The third-order valence-corrected chi connectivity index (χ3v) is 7.56. The van der Waals surface area contributed by atoms with Crippen molar-refractivity contribution in [3.63, 3.8) is 0 Å². The Morgan fingerprint density at radius 2 is 1.65 bits per heavy atom. The summed E-state index contributed by atoms with van der Waals surface area (Å²) in [5.74, 6) is 1.25. The Kier molecular flexibility index (Phi) is 8.14. The molecule has 8 nitrogen and oxygen atoms in total. The number of hydrogen-bond acceptors (Lipinski definition) is 8. The Morgan fingerprint density at radius 3 is 2.35 bits per heavy atom. The summed E-state index contributed by atoms with van der Waals surface area (Å²) >= 11 is 0. The standard InChI is InChI=1S/C29H36F3N7O/c1-28(2,19-33-3)20-6-8-21(9-7-20)35-25-22-10-13-38(26-23(29(30,31)32)5-4-12-34-26)14-11-24(22)36-27(37-25)39-15-17-40-18-16-39/h4-9,12,33H,10-11,13-19H2,1-3H3,(H,35,36,37). The molecule has 0 aliphatic carbocycles. The lowest BCUT2D eigenvalue weighted by Gasteiger charge is -2.28. The zero-order valence-corrected chi connectivity index (χ0v) is 23.2. The normalized spacial score (nSPS) is 16.4. The Morgan fingerprint density at radius 1 is 0.925 bits per heavy atom. The number of alkyl halides is 3. The highest BCUT2D eigenvalue weighted by Crippen LogP contribution is 2.36. The Bertz CT molecular complexity index is 1310. The predicted octanol–water partition coefficient (Wildman–Crippen LogP) is 4.57. The van der Waals surface area contributed by atoms with E-state index in [-0.39, 0.29) is 11.2 Å². The van der Waals surface area contributed by atoms with Gasteiger partial charge < -0.3 is 25.2 Å². The first-order valence-corrected chi connectivity index (χ1v) is 13.7. The molecule has 0 atom stereocenters. The second-order valence-electron chi connectivity index (χ2n) is 10.9. The maximum Gasteiger partial charge on any atom is 0.419 e. The molecule has 2 N–H and O–H groups in total. The fourth-order valence-electron chi connectivity index (χ4n) is 5.36.